The minimum atomic E-state index is -0.314. The molecule has 19 heavy (non-hydrogen) atoms. The quantitative estimate of drug-likeness (QED) is 0.838. The molecule has 2 rings (SSSR count). The van der Waals surface area contributed by atoms with Gasteiger partial charge >= 0.3 is 0 Å². The van der Waals surface area contributed by atoms with Crippen molar-refractivity contribution in [3.63, 3.8) is 0 Å². The second-order valence-corrected chi connectivity index (χ2v) is 5.77. The van der Waals surface area contributed by atoms with E-state index >= 15 is 0 Å². The van der Waals surface area contributed by atoms with Gasteiger partial charge in [-0.15, -0.1) is 0 Å². The monoisotopic (exact) mass is 388 g/mol. The van der Waals surface area contributed by atoms with Crippen molar-refractivity contribution in [2.45, 2.75) is 13.2 Å². The summed E-state index contributed by atoms with van der Waals surface area (Å²) in [5.74, 6) is 0.232. The van der Waals surface area contributed by atoms with Gasteiger partial charge in [-0.1, -0.05) is 31.9 Å². The molecular weight excluding hydrogens is 379 g/mol. The minimum absolute atomic E-state index is 0.111. The van der Waals surface area contributed by atoms with E-state index in [2.05, 4.69) is 31.9 Å². The molecule has 0 heterocycles. The molecule has 0 amide bonds. The van der Waals surface area contributed by atoms with Crippen LogP contribution < -0.4 is 4.74 Å². The molecule has 0 aliphatic carbocycles. The number of hydrogen-bond donors (Lipinski definition) is 1. The third-order valence-corrected chi connectivity index (χ3v) is 3.57. The average Bonchev–Trinajstić information content (AvgIpc) is 2.40. The van der Waals surface area contributed by atoms with Crippen LogP contribution in [-0.2, 0) is 13.2 Å². The number of halogens is 3. The van der Waals surface area contributed by atoms with Crippen molar-refractivity contribution in [2.24, 2.45) is 0 Å². The van der Waals surface area contributed by atoms with E-state index in [4.69, 9.17) is 4.74 Å². The van der Waals surface area contributed by atoms with Crippen LogP contribution in [0.25, 0.3) is 0 Å². The summed E-state index contributed by atoms with van der Waals surface area (Å²) in [5, 5.41) is 9.26. The lowest BCUT2D eigenvalue weighted by molar-refractivity contribution is 0.257. The fourth-order valence-electron chi connectivity index (χ4n) is 1.62. The zero-order valence-corrected chi connectivity index (χ0v) is 13.0. The van der Waals surface area contributed by atoms with Crippen LogP contribution in [0, 0.1) is 5.82 Å². The van der Waals surface area contributed by atoms with E-state index in [1.54, 1.807) is 24.3 Å². The van der Waals surface area contributed by atoms with Crippen LogP contribution in [-0.4, -0.2) is 5.11 Å². The topological polar surface area (TPSA) is 29.5 Å². The van der Waals surface area contributed by atoms with Crippen molar-refractivity contribution in [2.75, 3.05) is 0 Å². The third kappa shape index (κ3) is 3.78. The van der Waals surface area contributed by atoms with Crippen LogP contribution in [0.2, 0.25) is 0 Å². The van der Waals surface area contributed by atoms with Gasteiger partial charge in [0.05, 0.1) is 6.61 Å². The largest absolute Gasteiger partial charge is 0.488 e. The van der Waals surface area contributed by atoms with E-state index in [9.17, 15) is 9.50 Å². The van der Waals surface area contributed by atoms with Crippen molar-refractivity contribution in [3.05, 3.63) is 62.3 Å². The molecule has 2 aromatic rings. The van der Waals surface area contributed by atoms with Gasteiger partial charge in [0.2, 0.25) is 0 Å². The normalized spacial score (nSPS) is 10.5. The zero-order chi connectivity index (χ0) is 13.8. The number of hydrogen-bond acceptors (Lipinski definition) is 2. The van der Waals surface area contributed by atoms with Crippen molar-refractivity contribution in [1.82, 2.24) is 0 Å². The Morgan fingerprint density at radius 2 is 1.63 bits per heavy atom. The van der Waals surface area contributed by atoms with Gasteiger partial charge < -0.3 is 9.84 Å². The molecule has 0 aliphatic heterocycles. The van der Waals surface area contributed by atoms with E-state index < -0.39 is 0 Å². The van der Waals surface area contributed by atoms with Crippen LogP contribution in [0.5, 0.6) is 5.75 Å². The summed E-state index contributed by atoms with van der Waals surface area (Å²) in [6.45, 7) is -0.0182. The van der Waals surface area contributed by atoms with Gasteiger partial charge in [0, 0.05) is 20.1 Å². The van der Waals surface area contributed by atoms with E-state index in [1.165, 1.54) is 6.07 Å². The molecule has 0 radical (unpaired) electrons. The molecule has 2 nitrogen and oxygen atoms in total. The molecule has 0 aromatic heterocycles. The number of aliphatic hydroxyl groups excluding tert-OH is 1. The molecule has 0 saturated heterocycles. The van der Waals surface area contributed by atoms with E-state index in [1.807, 2.05) is 6.07 Å². The average molecular weight is 390 g/mol. The van der Waals surface area contributed by atoms with Crippen molar-refractivity contribution >= 4 is 31.9 Å². The molecular formula is C14H11Br2FO2. The molecule has 0 unspecified atom stereocenters. The maximum Gasteiger partial charge on any atom is 0.129 e. The summed E-state index contributed by atoms with van der Waals surface area (Å²) in [6.07, 6.45) is 0. The Kier molecular flexibility index (Phi) is 4.96. The first-order valence-corrected chi connectivity index (χ1v) is 7.15. The molecule has 0 aliphatic rings. The Bertz CT molecular complexity index is 588. The molecule has 5 heteroatoms. The van der Waals surface area contributed by atoms with Crippen LogP contribution in [0.15, 0.2) is 45.3 Å². The lowest BCUT2D eigenvalue weighted by atomic mass is 10.2. The van der Waals surface area contributed by atoms with Gasteiger partial charge in [-0.25, -0.2) is 4.39 Å². The van der Waals surface area contributed by atoms with Crippen molar-refractivity contribution < 1.29 is 14.2 Å². The number of rotatable bonds is 4. The third-order valence-electron chi connectivity index (χ3n) is 2.58. The molecule has 2 aromatic carbocycles. The highest BCUT2D eigenvalue weighted by Gasteiger charge is 2.07. The fourth-order valence-corrected chi connectivity index (χ4v) is 2.44. The summed E-state index contributed by atoms with van der Waals surface area (Å²) in [5.41, 5.74) is 1.12. The van der Waals surface area contributed by atoms with Crippen LogP contribution >= 0.6 is 31.9 Å². The summed E-state index contributed by atoms with van der Waals surface area (Å²) in [4.78, 5) is 0. The summed E-state index contributed by atoms with van der Waals surface area (Å²) < 4.78 is 20.8. The zero-order valence-electron chi connectivity index (χ0n) is 9.87. The predicted octanol–water partition coefficient (Wildman–Crippen LogP) is 4.42. The second-order valence-electron chi connectivity index (χ2n) is 3.93. The minimum Gasteiger partial charge on any atom is -0.488 e. The maximum absolute atomic E-state index is 13.6. The van der Waals surface area contributed by atoms with Gasteiger partial charge in [0.25, 0.3) is 0 Å². The highest BCUT2D eigenvalue weighted by atomic mass is 79.9. The van der Waals surface area contributed by atoms with E-state index in [0.717, 1.165) is 8.95 Å². The first kappa shape index (κ1) is 14.5. The van der Waals surface area contributed by atoms with Gasteiger partial charge in [-0.2, -0.15) is 0 Å². The Labute approximate surface area is 127 Å². The van der Waals surface area contributed by atoms with Crippen molar-refractivity contribution in [1.29, 1.82) is 0 Å². The molecule has 0 bridgehead atoms. The van der Waals surface area contributed by atoms with E-state index in [0.29, 0.717) is 16.9 Å². The first-order chi connectivity index (χ1) is 9.10. The molecule has 0 spiro atoms. The summed E-state index contributed by atoms with van der Waals surface area (Å²) >= 11 is 6.61. The number of aliphatic hydroxyl groups is 1. The predicted molar refractivity (Wildman–Crippen MR) is 78.5 cm³/mol. The first-order valence-electron chi connectivity index (χ1n) is 5.56. The van der Waals surface area contributed by atoms with Gasteiger partial charge in [-0.3, -0.25) is 0 Å². The van der Waals surface area contributed by atoms with Crippen molar-refractivity contribution in [3.8, 4) is 5.75 Å². The standard InChI is InChI=1S/C14H11Br2FO2/c15-11-1-3-13(17)10(6-11)8-19-14-4-2-12(16)5-9(14)7-18/h1-6,18H,7-8H2. The van der Waals surface area contributed by atoms with Crippen LogP contribution in [0.4, 0.5) is 4.39 Å². The fraction of sp³-hybridized carbons (Fsp3) is 0.143. The Morgan fingerprint density at radius 3 is 2.32 bits per heavy atom. The SMILES string of the molecule is OCc1cc(Br)ccc1OCc1cc(Br)ccc1F. The Hall–Kier alpha value is -0.910. The van der Waals surface area contributed by atoms with E-state index in [-0.39, 0.29) is 19.0 Å². The molecule has 0 atom stereocenters. The van der Waals surface area contributed by atoms with Gasteiger partial charge in [0.1, 0.15) is 18.2 Å². The lowest BCUT2D eigenvalue weighted by Gasteiger charge is -2.11. The van der Waals surface area contributed by atoms with Gasteiger partial charge in [0.15, 0.2) is 0 Å². The smallest absolute Gasteiger partial charge is 0.129 e. The highest BCUT2D eigenvalue weighted by molar-refractivity contribution is 9.10. The lowest BCUT2D eigenvalue weighted by Crippen LogP contribution is -2.01. The number of benzene rings is 2. The second kappa shape index (κ2) is 6.50. The maximum atomic E-state index is 13.6. The van der Waals surface area contributed by atoms with Gasteiger partial charge in [-0.05, 0) is 36.4 Å². The Balaban J connectivity index is 2.16. The van der Waals surface area contributed by atoms with Crippen LogP contribution in [0.1, 0.15) is 11.1 Å². The molecule has 0 saturated carbocycles. The highest BCUT2D eigenvalue weighted by Crippen LogP contribution is 2.25. The molecule has 1 N–H and O–H groups in total. The summed E-state index contributed by atoms with van der Waals surface area (Å²) in [7, 11) is 0. The molecule has 0 fully saturated rings. The summed E-state index contributed by atoms with van der Waals surface area (Å²) in [6, 6.07) is 10.0. The number of ether oxygens (including phenoxy) is 1. The Morgan fingerprint density at radius 1 is 1.00 bits per heavy atom. The molecule has 100 valence electrons. The van der Waals surface area contributed by atoms with Crippen LogP contribution in [0.3, 0.4) is 0 Å².